The molecule has 0 spiro atoms. The lowest BCUT2D eigenvalue weighted by molar-refractivity contribution is -0.156. The molecule has 8 aromatic rings. The molecular formula is C79H105B3Br2Cl2FN5O15S10. The Balaban J connectivity index is 0.000000496. The summed E-state index contributed by atoms with van der Waals surface area (Å²) < 4.78 is 74.9. The number of alkyl halides is 1. The highest BCUT2D eigenvalue weighted by Crippen LogP contribution is 2.44. The van der Waals surface area contributed by atoms with Gasteiger partial charge in [-0.15, -0.1) is 0 Å². The van der Waals surface area contributed by atoms with E-state index in [1.807, 2.05) is 226 Å². The normalized spacial score (nSPS) is 15.5. The van der Waals surface area contributed by atoms with Gasteiger partial charge >= 0.3 is 39.0 Å². The fourth-order valence-electron chi connectivity index (χ4n) is 11.1. The van der Waals surface area contributed by atoms with Gasteiger partial charge in [-0.3, -0.25) is 43.1 Å². The minimum absolute atomic E-state index is 0. The van der Waals surface area contributed by atoms with E-state index in [9.17, 15) is 33.2 Å². The first-order chi connectivity index (χ1) is 53.7. The van der Waals surface area contributed by atoms with Crippen molar-refractivity contribution < 1.29 is 76.7 Å². The first-order valence-electron chi connectivity index (χ1n) is 36.7. The van der Waals surface area contributed by atoms with Crippen LogP contribution in [0.15, 0.2) is 107 Å². The molecule has 0 saturated carbocycles. The standard InChI is InChI=1S/C22H30BNO5.C22H23ClN2O3.C16H18BrNO3.C12H24B2O4.C6H5BrClN.CH3F.S4.S3.S2.H2S/c1-14(25)17-12-24(13-19(26)27-20(2,3)4)18-10-9-15(11-16(17)18)23-28-21(5,6)22(7,8)29-23;1-13-19(23)9-16(10-24-13)15-6-7-20-17(8-15)18(14(2)26)11-25(20)12-21(27)28-22(3,4)5;1-10(19)13-8-18(9-15(20)21-16(2,3)4)14-6-5-11(17)7-12(13)14;1-9(2)10(3,4)16-13(15-9)14-17-11(5,6)12(7,8)18-14;1-4-6(8)2-5(7)3-9-4;1-2;1-3-4-2;1-3-2;1-2;/h9-12H,13H2,1-8H3;6-11H,12H2,1-5H3;5-8H,9H2,1-4H3;1-8H3;2-3H,1H3;1H3;;;;1H2/i;;;;;1D;;;;. The van der Waals surface area contributed by atoms with Crippen molar-refractivity contribution in [3.8, 4) is 11.1 Å². The molecule has 20 nitrogen and oxygen atoms in total. The van der Waals surface area contributed by atoms with Gasteiger partial charge in [-0.1, -0.05) is 57.3 Å². The molecule has 0 amide bonds. The third-order valence-electron chi connectivity index (χ3n) is 18.6. The van der Waals surface area contributed by atoms with E-state index in [0.717, 1.165) is 78.5 Å². The number of rotatable bonds is 12. The van der Waals surface area contributed by atoms with Gasteiger partial charge in [0.2, 0.25) is 0 Å². The molecule has 0 bridgehead atoms. The van der Waals surface area contributed by atoms with Crippen molar-refractivity contribution in [1.82, 2.24) is 23.7 Å². The van der Waals surface area contributed by atoms with Crippen molar-refractivity contribution >= 4 is 257 Å². The lowest BCUT2D eigenvalue weighted by Gasteiger charge is -2.32. The van der Waals surface area contributed by atoms with Gasteiger partial charge in [0.15, 0.2) is 17.3 Å². The van der Waals surface area contributed by atoms with Crippen LogP contribution in [0.25, 0.3) is 43.8 Å². The van der Waals surface area contributed by atoms with Crippen molar-refractivity contribution in [1.29, 1.82) is 0 Å². The highest BCUT2D eigenvalue weighted by molar-refractivity contribution is 9.10. The van der Waals surface area contributed by atoms with Gasteiger partial charge in [0.1, 0.15) is 36.4 Å². The van der Waals surface area contributed by atoms with Gasteiger partial charge in [0.25, 0.3) is 0 Å². The molecule has 0 radical (unpaired) electrons. The fraction of sp³-hybridized carbons (Fsp3) is 0.494. The lowest BCUT2D eigenvalue weighted by atomic mass is 9.49. The zero-order chi connectivity index (χ0) is 89.9. The number of esters is 3. The second-order valence-electron chi connectivity index (χ2n) is 32.7. The zero-order valence-electron chi connectivity index (χ0n) is 71.7. The van der Waals surface area contributed by atoms with E-state index in [4.69, 9.17) is 66.7 Å². The third kappa shape index (κ3) is 31.8. The highest BCUT2D eigenvalue weighted by atomic mass is 79.9. The second kappa shape index (κ2) is 45.9. The molecule has 0 N–H and O–H groups in total. The number of ketones is 3. The van der Waals surface area contributed by atoms with Gasteiger partial charge in [0.05, 0.1) is 63.6 Å². The molecule has 117 heavy (non-hydrogen) atoms. The molecule has 0 unspecified atom stereocenters. The summed E-state index contributed by atoms with van der Waals surface area (Å²) in [7, 11) is 0.792. The Morgan fingerprint density at radius 2 is 0.786 bits per heavy atom. The number of aromatic nitrogens is 5. The Bertz CT molecular complexity index is 4910. The molecule has 3 fully saturated rings. The van der Waals surface area contributed by atoms with Crippen LogP contribution in [0.2, 0.25) is 10.0 Å². The molecule has 3 saturated heterocycles. The van der Waals surface area contributed by atoms with Crippen molar-refractivity contribution in [3.63, 3.8) is 0 Å². The van der Waals surface area contributed by atoms with Crippen LogP contribution in [-0.2, 0) is 170 Å². The van der Waals surface area contributed by atoms with Crippen LogP contribution in [0.4, 0.5) is 4.39 Å². The predicted molar refractivity (Wildman–Crippen MR) is 507 cm³/mol. The maximum atomic E-state index is 12.3. The maximum absolute atomic E-state index is 12.3. The van der Waals surface area contributed by atoms with Crippen LogP contribution in [0.3, 0.4) is 0 Å². The van der Waals surface area contributed by atoms with Gasteiger partial charge < -0.3 is 55.8 Å². The lowest BCUT2D eigenvalue weighted by Crippen LogP contribution is -2.41. The first kappa shape index (κ1) is 107. The number of nitrogens with zero attached hydrogens (tertiary/aromatic N) is 5. The predicted octanol–water partition coefficient (Wildman–Crippen LogP) is 18.4. The Hall–Kier alpha value is -4.25. The summed E-state index contributed by atoms with van der Waals surface area (Å²) >= 11 is 42.8. The van der Waals surface area contributed by atoms with Crippen molar-refractivity contribution in [2.24, 2.45) is 0 Å². The number of fused-ring (bicyclic) bond motifs is 3. The number of Topliss-reactive ketones (excluding diaryl/α,β-unsaturated/α-hetero) is 3. The first-order valence-corrected chi connectivity index (χ1v) is 46.3. The topological polar surface area (TPSA) is 226 Å². The monoisotopic (exact) mass is 1960 g/mol. The molecule has 0 aliphatic carbocycles. The SMILES string of the molecule is CC(=O)c1cn(CC(=O)OC(C)(C)C)c2ccc(-c3cnc(C)c(Cl)c3)cc12.CC(=O)c1cn(CC(=O)OC(C)(C)C)c2ccc(B3OC(C)(C)C(C)(C)O3)cc12.CC(=O)c1cn(CC(=O)OC(C)(C)C)c2ccc(Br)cc12.CC1(C)OB(B2OC(C)(C)C(C)(C)O2)OC1(C)C.Cc1ncc(Br)cc1Cl.S.S=S.S=S=S.S=S=S=S.[2H]CF. The summed E-state index contributed by atoms with van der Waals surface area (Å²) in [4.78, 5) is 81.0. The molecule has 11 rings (SSSR count). The second-order valence-corrected chi connectivity index (χ2v) is 40.6. The van der Waals surface area contributed by atoms with E-state index in [-0.39, 0.29) is 90.8 Å². The number of carbonyl (C=O) groups excluding carboxylic acids is 6. The number of hydrogen-bond donors (Lipinski definition) is 0. The maximum Gasteiger partial charge on any atom is 0.494 e. The van der Waals surface area contributed by atoms with Crippen LogP contribution in [0, 0.1) is 13.8 Å². The van der Waals surface area contributed by atoms with Crippen molar-refractivity contribution in [2.75, 3.05) is 7.15 Å². The molecule has 8 heterocycles. The van der Waals surface area contributed by atoms with Crippen LogP contribution in [0.5, 0.6) is 0 Å². The Morgan fingerprint density at radius 3 is 1.09 bits per heavy atom. The molecule has 3 aromatic carbocycles. The molecule has 3 aliphatic heterocycles. The largest absolute Gasteiger partial charge is 0.494 e. The highest BCUT2D eigenvalue weighted by Gasteiger charge is 2.64. The number of carbonyl (C=O) groups is 6. The van der Waals surface area contributed by atoms with E-state index >= 15 is 0 Å². The van der Waals surface area contributed by atoms with E-state index in [1.165, 1.54) is 38.5 Å². The van der Waals surface area contributed by atoms with E-state index in [1.54, 1.807) is 44.7 Å². The van der Waals surface area contributed by atoms with E-state index in [2.05, 4.69) is 109 Å². The minimum atomic E-state index is -1.00. The number of halogens is 5. The molecular weight excluding hydrogens is 1860 g/mol. The zero-order valence-corrected chi connectivity index (χ0v) is 83.8. The van der Waals surface area contributed by atoms with Gasteiger partial charge in [0, 0.05) is 189 Å². The number of hydrogen-bond acceptors (Lipinski definition) is 23. The van der Waals surface area contributed by atoms with E-state index < -0.39 is 56.3 Å². The summed E-state index contributed by atoms with van der Waals surface area (Å²) in [5.41, 5.74) is 4.42. The van der Waals surface area contributed by atoms with Crippen LogP contribution in [-0.4, -0.2) is 138 Å². The Kier molecular flexibility index (Phi) is 42.0. The third-order valence-corrected chi connectivity index (χ3v) is 22.5. The molecule has 38 heteroatoms. The van der Waals surface area contributed by atoms with Crippen molar-refractivity contribution in [2.45, 2.75) is 250 Å². The van der Waals surface area contributed by atoms with Crippen LogP contribution >= 0.6 is 68.6 Å². The minimum Gasteiger partial charge on any atom is -0.459 e. The van der Waals surface area contributed by atoms with Gasteiger partial charge in [-0.2, -0.15) is 13.5 Å². The van der Waals surface area contributed by atoms with Crippen molar-refractivity contribution in [3.05, 3.63) is 145 Å². The summed E-state index contributed by atoms with van der Waals surface area (Å²) in [5, 5.41) is 3.68. The molecule has 0 atom stereocenters. The van der Waals surface area contributed by atoms with Crippen LogP contribution < -0.4 is 5.46 Å². The Morgan fingerprint density at radius 1 is 0.487 bits per heavy atom. The average molecular weight is 1970 g/mol. The number of aryl methyl sites for hydroxylation is 2. The fourth-order valence-corrected chi connectivity index (χ4v) is 12.3. The van der Waals surface area contributed by atoms with Gasteiger partial charge in [-0.05, 0) is 256 Å². The number of pyridine rings is 2. The van der Waals surface area contributed by atoms with E-state index in [0.29, 0.717) is 26.7 Å². The van der Waals surface area contributed by atoms with Gasteiger partial charge in [-0.25, -0.2) is 0 Å². The number of benzene rings is 3. The average Bonchev–Trinajstić information content (AvgIpc) is 1.61. The summed E-state index contributed by atoms with van der Waals surface area (Å²) in [6, 6.07) is 20.8. The van der Waals surface area contributed by atoms with Crippen LogP contribution in [0.1, 0.15) is 210 Å². The number of ether oxygens (including phenoxy) is 3. The summed E-state index contributed by atoms with van der Waals surface area (Å²) in [6.45, 7) is 49.1. The molecule has 640 valence electrons. The molecule has 5 aromatic heterocycles. The molecule has 3 aliphatic rings. The summed E-state index contributed by atoms with van der Waals surface area (Å²) in [6.07, 6.45) is 8.62. The quantitative estimate of drug-likeness (QED) is 0.0479. The smallest absolute Gasteiger partial charge is 0.459 e. The Labute approximate surface area is 763 Å². The summed E-state index contributed by atoms with van der Waals surface area (Å²) in [5.74, 6) is -1.18.